The summed E-state index contributed by atoms with van der Waals surface area (Å²) in [5, 5.41) is 8.61. The standard InChI is InChI=1S/C18H20N4/c1-4-14-7-5-6-8-16(14)22-18(19)17(20-21-22)15-11-12(2)9-10-13(15)3/h5-11H,4,19H2,1-3H3. The molecule has 0 bridgehead atoms. The highest BCUT2D eigenvalue weighted by atomic mass is 15.5. The number of aryl methyl sites for hydroxylation is 3. The molecule has 112 valence electrons. The van der Waals surface area contributed by atoms with Crippen molar-refractivity contribution in [2.45, 2.75) is 27.2 Å². The Hall–Kier alpha value is -2.62. The summed E-state index contributed by atoms with van der Waals surface area (Å²) in [7, 11) is 0. The summed E-state index contributed by atoms with van der Waals surface area (Å²) >= 11 is 0. The summed E-state index contributed by atoms with van der Waals surface area (Å²) in [6.45, 7) is 6.25. The second-order valence-corrected chi connectivity index (χ2v) is 5.54. The van der Waals surface area contributed by atoms with E-state index < -0.39 is 0 Å². The molecule has 0 unspecified atom stereocenters. The first-order valence-corrected chi connectivity index (χ1v) is 7.49. The normalized spacial score (nSPS) is 10.9. The molecule has 0 spiro atoms. The zero-order valence-electron chi connectivity index (χ0n) is 13.2. The summed E-state index contributed by atoms with van der Waals surface area (Å²) in [5.74, 6) is 0.578. The van der Waals surface area contributed by atoms with Crippen molar-refractivity contribution in [3.05, 3.63) is 59.2 Å². The summed E-state index contributed by atoms with van der Waals surface area (Å²) < 4.78 is 1.73. The molecule has 3 aromatic rings. The maximum atomic E-state index is 6.35. The average molecular weight is 292 g/mol. The number of hydrogen-bond acceptors (Lipinski definition) is 3. The van der Waals surface area contributed by atoms with E-state index in [1.807, 2.05) is 18.2 Å². The molecule has 0 aliphatic rings. The van der Waals surface area contributed by atoms with Gasteiger partial charge in [-0.15, -0.1) is 5.10 Å². The lowest BCUT2D eigenvalue weighted by atomic mass is 10.0. The van der Waals surface area contributed by atoms with E-state index in [-0.39, 0.29) is 0 Å². The van der Waals surface area contributed by atoms with Crippen LogP contribution in [0.3, 0.4) is 0 Å². The second kappa shape index (κ2) is 5.64. The smallest absolute Gasteiger partial charge is 0.155 e. The van der Waals surface area contributed by atoms with Gasteiger partial charge >= 0.3 is 0 Å². The van der Waals surface area contributed by atoms with Crippen molar-refractivity contribution in [1.29, 1.82) is 0 Å². The molecule has 22 heavy (non-hydrogen) atoms. The van der Waals surface area contributed by atoms with Crippen LogP contribution in [-0.2, 0) is 6.42 Å². The van der Waals surface area contributed by atoms with Crippen molar-refractivity contribution in [2.24, 2.45) is 0 Å². The predicted octanol–water partition coefficient (Wildman–Crippen LogP) is 3.70. The number of nitrogens with two attached hydrogens (primary N) is 1. The van der Waals surface area contributed by atoms with Crippen LogP contribution >= 0.6 is 0 Å². The molecule has 1 heterocycles. The molecule has 2 N–H and O–H groups in total. The third kappa shape index (κ3) is 2.37. The first kappa shape index (κ1) is 14.3. The molecule has 3 rings (SSSR count). The summed E-state index contributed by atoms with van der Waals surface area (Å²) in [6, 6.07) is 14.4. The third-order valence-electron chi connectivity index (χ3n) is 3.95. The molecule has 0 atom stereocenters. The number of hydrogen-bond donors (Lipinski definition) is 1. The fourth-order valence-corrected chi connectivity index (χ4v) is 2.67. The summed E-state index contributed by atoms with van der Waals surface area (Å²) in [5.41, 5.74) is 12.7. The van der Waals surface area contributed by atoms with Crippen LogP contribution < -0.4 is 5.73 Å². The Balaban J connectivity index is 2.15. The van der Waals surface area contributed by atoms with Crippen LogP contribution in [0, 0.1) is 13.8 Å². The van der Waals surface area contributed by atoms with Crippen LogP contribution in [0.1, 0.15) is 23.6 Å². The van der Waals surface area contributed by atoms with Gasteiger partial charge in [0.25, 0.3) is 0 Å². The van der Waals surface area contributed by atoms with Crippen molar-refractivity contribution in [3.63, 3.8) is 0 Å². The van der Waals surface area contributed by atoms with Crippen LogP contribution in [0.2, 0.25) is 0 Å². The maximum Gasteiger partial charge on any atom is 0.155 e. The van der Waals surface area contributed by atoms with E-state index in [2.05, 4.69) is 55.3 Å². The fraction of sp³-hybridized carbons (Fsp3) is 0.222. The first-order chi connectivity index (χ1) is 10.6. The van der Waals surface area contributed by atoms with Crippen LogP contribution in [0.25, 0.3) is 16.9 Å². The highest BCUT2D eigenvalue weighted by molar-refractivity contribution is 5.74. The molecule has 0 amide bonds. The average Bonchev–Trinajstić information content (AvgIpc) is 2.91. The molecule has 2 aromatic carbocycles. The van der Waals surface area contributed by atoms with Gasteiger partial charge in [0.05, 0.1) is 5.69 Å². The van der Waals surface area contributed by atoms with Gasteiger partial charge in [-0.1, -0.05) is 48.0 Å². The van der Waals surface area contributed by atoms with E-state index in [4.69, 9.17) is 5.73 Å². The SMILES string of the molecule is CCc1ccccc1-n1nnc(-c2cc(C)ccc2C)c1N. The highest BCUT2D eigenvalue weighted by Crippen LogP contribution is 2.29. The van der Waals surface area contributed by atoms with E-state index >= 15 is 0 Å². The minimum Gasteiger partial charge on any atom is -0.382 e. The molecular weight excluding hydrogens is 272 g/mol. The van der Waals surface area contributed by atoms with Gasteiger partial charge in [0, 0.05) is 5.56 Å². The molecule has 0 saturated heterocycles. The van der Waals surface area contributed by atoms with Gasteiger partial charge in [0.15, 0.2) is 5.82 Å². The molecule has 1 aromatic heterocycles. The topological polar surface area (TPSA) is 56.7 Å². The van der Waals surface area contributed by atoms with Gasteiger partial charge in [-0.25, -0.2) is 0 Å². The Morgan fingerprint density at radius 2 is 1.86 bits per heavy atom. The van der Waals surface area contributed by atoms with Crippen LogP contribution in [0.15, 0.2) is 42.5 Å². The van der Waals surface area contributed by atoms with Crippen molar-refractivity contribution >= 4 is 5.82 Å². The first-order valence-electron chi connectivity index (χ1n) is 7.49. The summed E-state index contributed by atoms with van der Waals surface area (Å²) in [4.78, 5) is 0. The molecule has 0 fully saturated rings. The monoisotopic (exact) mass is 292 g/mol. The van der Waals surface area contributed by atoms with Gasteiger partial charge < -0.3 is 5.73 Å². The van der Waals surface area contributed by atoms with E-state index in [0.29, 0.717) is 5.82 Å². The van der Waals surface area contributed by atoms with E-state index in [9.17, 15) is 0 Å². The second-order valence-electron chi connectivity index (χ2n) is 5.54. The zero-order valence-corrected chi connectivity index (χ0v) is 13.2. The lowest BCUT2D eigenvalue weighted by molar-refractivity contribution is 0.800. The van der Waals surface area contributed by atoms with Gasteiger partial charge in [0.1, 0.15) is 5.69 Å². The Kier molecular flexibility index (Phi) is 3.67. The van der Waals surface area contributed by atoms with Crippen LogP contribution in [-0.4, -0.2) is 15.0 Å². The molecule has 0 aliphatic carbocycles. The number of para-hydroxylation sites is 1. The number of nitrogens with zero attached hydrogens (tertiary/aromatic N) is 3. The van der Waals surface area contributed by atoms with Gasteiger partial charge in [-0.05, 0) is 43.5 Å². The lowest BCUT2D eigenvalue weighted by Crippen LogP contribution is -2.05. The largest absolute Gasteiger partial charge is 0.382 e. The van der Waals surface area contributed by atoms with Crippen molar-refractivity contribution in [1.82, 2.24) is 15.0 Å². The van der Waals surface area contributed by atoms with Crippen LogP contribution in [0.4, 0.5) is 5.82 Å². The molecule has 4 nitrogen and oxygen atoms in total. The lowest BCUT2D eigenvalue weighted by Gasteiger charge is -2.09. The van der Waals surface area contributed by atoms with Crippen molar-refractivity contribution in [3.8, 4) is 16.9 Å². The quantitative estimate of drug-likeness (QED) is 0.801. The minimum absolute atomic E-state index is 0.578. The van der Waals surface area contributed by atoms with Gasteiger partial charge in [-0.3, -0.25) is 0 Å². The molecule has 0 saturated carbocycles. The minimum atomic E-state index is 0.578. The Bertz CT molecular complexity index is 818. The Labute approximate surface area is 130 Å². The number of benzene rings is 2. The van der Waals surface area contributed by atoms with Gasteiger partial charge in [0.2, 0.25) is 0 Å². The fourth-order valence-electron chi connectivity index (χ4n) is 2.67. The van der Waals surface area contributed by atoms with E-state index in [1.165, 1.54) is 11.1 Å². The number of rotatable bonds is 3. The number of aromatic nitrogens is 3. The van der Waals surface area contributed by atoms with E-state index in [0.717, 1.165) is 28.9 Å². The maximum absolute atomic E-state index is 6.35. The molecule has 0 aliphatic heterocycles. The highest BCUT2D eigenvalue weighted by Gasteiger charge is 2.16. The molecular formula is C18H20N4. The van der Waals surface area contributed by atoms with Crippen molar-refractivity contribution in [2.75, 3.05) is 5.73 Å². The summed E-state index contributed by atoms with van der Waals surface area (Å²) in [6.07, 6.45) is 0.925. The van der Waals surface area contributed by atoms with E-state index in [1.54, 1.807) is 4.68 Å². The Morgan fingerprint density at radius 1 is 1.09 bits per heavy atom. The van der Waals surface area contributed by atoms with Gasteiger partial charge in [-0.2, -0.15) is 4.68 Å². The number of anilines is 1. The molecule has 4 heteroatoms. The Morgan fingerprint density at radius 3 is 2.64 bits per heavy atom. The predicted molar refractivity (Wildman–Crippen MR) is 90.1 cm³/mol. The molecule has 0 radical (unpaired) electrons. The number of nitrogen functional groups attached to an aromatic ring is 1. The third-order valence-corrected chi connectivity index (χ3v) is 3.95. The zero-order chi connectivity index (χ0) is 15.7. The van der Waals surface area contributed by atoms with Crippen molar-refractivity contribution < 1.29 is 0 Å². The van der Waals surface area contributed by atoms with Crippen LogP contribution in [0.5, 0.6) is 0 Å².